The quantitative estimate of drug-likeness (QED) is 0.725. The van der Waals surface area contributed by atoms with Gasteiger partial charge in [-0.1, -0.05) is 0 Å². The highest BCUT2D eigenvalue weighted by molar-refractivity contribution is 9.10. The number of carbonyl (C=O) groups is 2. The van der Waals surface area contributed by atoms with E-state index in [2.05, 4.69) is 15.9 Å². The molecular formula is C10H10BrNO3. The van der Waals surface area contributed by atoms with Crippen molar-refractivity contribution in [3.63, 3.8) is 0 Å². The molecule has 4 nitrogen and oxygen atoms in total. The molecule has 0 fully saturated rings. The average Bonchev–Trinajstić information content (AvgIpc) is 2.46. The van der Waals surface area contributed by atoms with E-state index in [1.807, 2.05) is 0 Å². The van der Waals surface area contributed by atoms with Crippen molar-refractivity contribution < 1.29 is 14.0 Å². The van der Waals surface area contributed by atoms with Crippen molar-refractivity contribution in [2.75, 3.05) is 6.54 Å². The van der Waals surface area contributed by atoms with Gasteiger partial charge in [0.25, 0.3) is 0 Å². The van der Waals surface area contributed by atoms with Gasteiger partial charge in [0.15, 0.2) is 10.5 Å². The lowest BCUT2D eigenvalue weighted by Crippen LogP contribution is -2.28. The molecule has 5 heteroatoms. The maximum Gasteiger partial charge on any atom is 0.219 e. The Kier molecular flexibility index (Phi) is 2.65. The first-order valence-corrected chi connectivity index (χ1v) is 5.44. The predicted octanol–water partition coefficient (Wildman–Crippen LogP) is 1.98. The third kappa shape index (κ3) is 1.97. The summed E-state index contributed by atoms with van der Waals surface area (Å²) >= 11 is 3.18. The van der Waals surface area contributed by atoms with E-state index in [-0.39, 0.29) is 11.7 Å². The maximum absolute atomic E-state index is 11.7. The lowest BCUT2D eigenvalue weighted by Gasteiger charge is -2.16. The Morgan fingerprint density at radius 3 is 3.00 bits per heavy atom. The summed E-state index contributed by atoms with van der Waals surface area (Å²) in [6, 6.07) is 1.67. The monoisotopic (exact) mass is 271 g/mol. The van der Waals surface area contributed by atoms with Gasteiger partial charge in [0, 0.05) is 26.0 Å². The second kappa shape index (κ2) is 3.81. The zero-order valence-corrected chi connectivity index (χ0v) is 9.83. The van der Waals surface area contributed by atoms with Gasteiger partial charge in [-0.15, -0.1) is 0 Å². The molecule has 1 aliphatic rings. The topological polar surface area (TPSA) is 50.5 Å². The molecule has 0 aromatic carbocycles. The molecule has 1 aromatic rings. The number of hydrogen-bond acceptors (Lipinski definition) is 3. The largest absolute Gasteiger partial charge is 0.452 e. The van der Waals surface area contributed by atoms with Crippen LogP contribution in [0.2, 0.25) is 0 Å². The van der Waals surface area contributed by atoms with Crippen LogP contribution in [-0.2, 0) is 11.3 Å². The molecule has 1 amide bonds. The fourth-order valence-corrected chi connectivity index (χ4v) is 2.07. The molecule has 2 rings (SSSR count). The van der Waals surface area contributed by atoms with Crippen molar-refractivity contribution in [1.82, 2.24) is 4.90 Å². The van der Waals surface area contributed by atoms with Crippen LogP contribution < -0.4 is 0 Å². The van der Waals surface area contributed by atoms with Gasteiger partial charge in [-0.25, -0.2) is 0 Å². The third-order valence-corrected chi connectivity index (χ3v) is 2.86. The van der Waals surface area contributed by atoms with E-state index in [9.17, 15) is 9.59 Å². The molecule has 0 saturated heterocycles. The molecule has 0 radical (unpaired) electrons. The van der Waals surface area contributed by atoms with Crippen LogP contribution in [0.5, 0.6) is 0 Å². The maximum atomic E-state index is 11.7. The standard InChI is InChI=1S/C10H10BrNO3/c1-6(13)12-3-2-8(14)7-4-10(11)15-9(7)5-12/h4H,2-3,5H2,1H3. The van der Waals surface area contributed by atoms with Gasteiger partial charge in [-0.2, -0.15) is 0 Å². The van der Waals surface area contributed by atoms with Crippen LogP contribution in [0.1, 0.15) is 29.5 Å². The van der Waals surface area contributed by atoms with Gasteiger partial charge >= 0.3 is 0 Å². The van der Waals surface area contributed by atoms with Crippen molar-refractivity contribution >= 4 is 27.6 Å². The Labute approximate surface area is 95.4 Å². The Morgan fingerprint density at radius 1 is 1.60 bits per heavy atom. The first kappa shape index (κ1) is 10.4. The first-order chi connectivity index (χ1) is 7.08. The van der Waals surface area contributed by atoms with Gasteiger partial charge in [0.05, 0.1) is 12.1 Å². The van der Waals surface area contributed by atoms with Crippen LogP contribution in [0.15, 0.2) is 15.2 Å². The summed E-state index contributed by atoms with van der Waals surface area (Å²) in [5.74, 6) is 0.561. The summed E-state index contributed by atoms with van der Waals surface area (Å²) in [6.45, 7) is 2.34. The van der Waals surface area contributed by atoms with Crippen molar-refractivity contribution in [3.05, 3.63) is 22.1 Å². The number of carbonyl (C=O) groups excluding carboxylic acids is 2. The van der Waals surface area contributed by atoms with Crippen molar-refractivity contribution in [2.24, 2.45) is 0 Å². The highest BCUT2D eigenvalue weighted by atomic mass is 79.9. The highest BCUT2D eigenvalue weighted by Gasteiger charge is 2.24. The van der Waals surface area contributed by atoms with Gasteiger partial charge in [-0.05, 0) is 15.9 Å². The molecule has 0 saturated carbocycles. The summed E-state index contributed by atoms with van der Waals surface area (Å²) in [7, 11) is 0. The average molecular weight is 272 g/mol. The molecule has 2 heterocycles. The normalized spacial score (nSPS) is 16.1. The zero-order chi connectivity index (χ0) is 11.0. The van der Waals surface area contributed by atoms with Gasteiger partial charge in [0.2, 0.25) is 5.91 Å². The fourth-order valence-electron chi connectivity index (χ4n) is 1.64. The molecule has 0 N–H and O–H groups in total. The number of hydrogen-bond donors (Lipinski definition) is 0. The molecule has 0 spiro atoms. The number of amides is 1. The third-order valence-electron chi connectivity index (χ3n) is 2.47. The van der Waals surface area contributed by atoms with Crippen molar-refractivity contribution in [2.45, 2.75) is 19.9 Å². The Morgan fingerprint density at radius 2 is 2.33 bits per heavy atom. The van der Waals surface area contributed by atoms with Crippen LogP contribution in [0.3, 0.4) is 0 Å². The predicted molar refractivity (Wildman–Crippen MR) is 56.4 cm³/mol. The van der Waals surface area contributed by atoms with Gasteiger partial charge in [0.1, 0.15) is 5.76 Å². The summed E-state index contributed by atoms with van der Waals surface area (Å²) in [5, 5.41) is 0. The van der Waals surface area contributed by atoms with E-state index in [0.29, 0.717) is 35.5 Å². The first-order valence-electron chi connectivity index (χ1n) is 4.65. The summed E-state index contributed by atoms with van der Waals surface area (Å²) < 4.78 is 5.87. The second-order valence-corrected chi connectivity index (χ2v) is 4.28. The van der Waals surface area contributed by atoms with E-state index in [0.717, 1.165) is 0 Å². The van der Waals surface area contributed by atoms with Crippen LogP contribution in [0, 0.1) is 0 Å². The number of rotatable bonds is 0. The Balaban J connectivity index is 2.36. The molecule has 1 aliphatic heterocycles. The minimum atomic E-state index is -0.0387. The Bertz CT molecular complexity index is 424. The van der Waals surface area contributed by atoms with E-state index in [1.54, 1.807) is 11.0 Å². The van der Waals surface area contributed by atoms with E-state index in [1.165, 1.54) is 6.92 Å². The number of Topliss-reactive ketones (excluding diaryl/α,β-unsaturated/α-hetero) is 1. The molecule has 0 bridgehead atoms. The smallest absolute Gasteiger partial charge is 0.219 e. The molecule has 0 unspecified atom stereocenters. The summed E-state index contributed by atoms with van der Waals surface area (Å²) in [6.07, 6.45) is 0.360. The SMILES string of the molecule is CC(=O)N1CCC(=O)c2cc(Br)oc2C1. The van der Waals surface area contributed by atoms with Crippen LogP contribution >= 0.6 is 15.9 Å². The van der Waals surface area contributed by atoms with Gasteiger partial charge < -0.3 is 9.32 Å². The highest BCUT2D eigenvalue weighted by Crippen LogP contribution is 2.25. The number of fused-ring (bicyclic) bond motifs is 1. The van der Waals surface area contributed by atoms with Crippen LogP contribution in [0.4, 0.5) is 0 Å². The Hall–Kier alpha value is -1.10. The molecule has 15 heavy (non-hydrogen) atoms. The minimum absolute atomic E-state index is 0.0307. The number of ketones is 1. The van der Waals surface area contributed by atoms with Gasteiger partial charge in [-0.3, -0.25) is 9.59 Å². The molecule has 0 aliphatic carbocycles. The number of nitrogens with zero attached hydrogens (tertiary/aromatic N) is 1. The van der Waals surface area contributed by atoms with E-state index < -0.39 is 0 Å². The van der Waals surface area contributed by atoms with Crippen molar-refractivity contribution in [3.8, 4) is 0 Å². The number of halogens is 1. The minimum Gasteiger partial charge on any atom is -0.452 e. The summed E-state index contributed by atoms with van der Waals surface area (Å²) in [5.41, 5.74) is 0.589. The molecule has 1 aromatic heterocycles. The van der Waals surface area contributed by atoms with E-state index in [4.69, 9.17) is 4.42 Å². The zero-order valence-electron chi connectivity index (χ0n) is 8.25. The lowest BCUT2D eigenvalue weighted by atomic mass is 10.1. The van der Waals surface area contributed by atoms with E-state index >= 15 is 0 Å². The summed E-state index contributed by atoms with van der Waals surface area (Å²) in [4.78, 5) is 24.5. The fraction of sp³-hybridized carbons (Fsp3) is 0.400. The van der Waals surface area contributed by atoms with Crippen molar-refractivity contribution in [1.29, 1.82) is 0 Å². The number of furan rings is 1. The molecule has 80 valence electrons. The second-order valence-electron chi connectivity index (χ2n) is 3.50. The lowest BCUT2D eigenvalue weighted by molar-refractivity contribution is -0.129. The van der Waals surface area contributed by atoms with Crippen LogP contribution in [-0.4, -0.2) is 23.1 Å². The van der Waals surface area contributed by atoms with Crippen LogP contribution in [0.25, 0.3) is 0 Å². The molecular weight excluding hydrogens is 262 g/mol. The molecule has 0 atom stereocenters.